The van der Waals surface area contributed by atoms with Gasteiger partial charge in [0.1, 0.15) is 29.7 Å². The molecule has 0 aromatic heterocycles. The maximum Gasteiger partial charge on any atom is 0.267 e. The van der Waals surface area contributed by atoms with Gasteiger partial charge in [0.05, 0.1) is 6.54 Å². The summed E-state index contributed by atoms with van der Waals surface area (Å²) >= 11 is 0. The van der Waals surface area contributed by atoms with Gasteiger partial charge in [-0.2, -0.15) is 0 Å². The summed E-state index contributed by atoms with van der Waals surface area (Å²) in [6.45, 7) is 2.03. The predicted molar refractivity (Wildman–Crippen MR) is 96.1 cm³/mol. The second kappa shape index (κ2) is 9.93. The summed E-state index contributed by atoms with van der Waals surface area (Å²) < 4.78 is 24.4. The van der Waals surface area contributed by atoms with Crippen molar-refractivity contribution in [3.63, 3.8) is 0 Å². The summed E-state index contributed by atoms with van der Waals surface area (Å²) in [5.74, 6) is 0.00647. The second-order valence-corrected chi connectivity index (χ2v) is 5.40. The molecule has 2 amide bonds. The standard InChI is InChI=1S/C19H19FN2O5/c1-13(23)21-10-11-26-17-6-2-14(3-9-19(24)22-25)18(12-17)27-16-7-4-15(20)5-8-16/h2-9,12,25H,10-11H2,1H3,(H,21,23)(H,22,24)/b9-3+. The summed E-state index contributed by atoms with van der Waals surface area (Å²) in [7, 11) is 0. The van der Waals surface area contributed by atoms with Gasteiger partial charge in [0.25, 0.3) is 5.91 Å². The van der Waals surface area contributed by atoms with Crippen LogP contribution in [0.3, 0.4) is 0 Å². The Morgan fingerprint density at radius 3 is 2.52 bits per heavy atom. The Hall–Kier alpha value is -3.39. The van der Waals surface area contributed by atoms with E-state index >= 15 is 0 Å². The van der Waals surface area contributed by atoms with E-state index in [0.717, 1.165) is 6.08 Å². The molecule has 0 saturated carbocycles. The number of carbonyl (C=O) groups is 2. The molecule has 0 heterocycles. The highest BCUT2D eigenvalue weighted by molar-refractivity contribution is 5.91. The summed E-state index contributed by atoms with van der Waals surface area (Å²) in [5, 5.41) is 11.2. The van der Waals surface area contributed by atoms with E-state index in [1.165, 1.54) is 42.7 Å². The molecule has 0 unspecified atom stereocenters. The Labute approximate surface area is 155 Å². The second-order valence-electron chi connectivity index (χ2n) is 5.40. The lowest BCUT2D eigenvalue weighted by Crippen LogP contribution is -2.25. The van der Waals surface area contributed by atoms with E-state index in [9.17, 15) is 14.0 Å². The van der Waals surface area contributed by atoms with Gasteiger partial charge in [-0.25, -0.2) is 9.87 Å². The average Bonchev–Trinajstić information content (AvgIpc) is 2.66. The zero-order chi connectivity index (χ0) is 19.6. The Morgan fingerprint density at radius 1 is 1.15 bits per heavy atom. The molecular formula is C19H19FN2O5. The van der Waals surface area contributed by atoms with Crippen molar-refractivity contribution in [3.05, 3.63) is 59.9 Å². The number of nitrogens with one attached hydrogen (secondary N) is 2. The van der Waals surface area contributed by atoms with Gasteiger partial charge in [0.2, 0.25) is 5.91 Å². The van der Waals surface area contributed by atoms with Crippen LogP contribution in [0, 0.1) is 5.82 Å². The van der Waals surface area contributed by atoms with Crippen molar-refractivity contribution in [3.8, 4) is 17.2 Å². The number of hydrogen-bond acceptors (Lipinski definition) is 5. The molecule has 2 aromatic carbocycles. The van der Waals surface area contributed by atoms with Crippen molar-refractivity contribution in [2.75, 3.05) is 13.2 Å². The lowest BCUT2D eigenvalue weighted by atomic mass is 10.1. The first-order valence-corrected chi connectivity index (χ1v) is 8.05. The number of rotatable bonds is 8. The van der Waals surface area contributed by atoms with Crippen molar-refractivity contribution >= 4 is 17.9 Å². The third kappa shape index (κ3) is 6.79. The van der Waals surface area contributed by atoms with Crippen LogP contribution >= 0.6 is 0 Å². The molecule has 8 heteroatoms. The SMILES string of the molecule is CC(=O)NCCOc1ccc(/C=C/C(=O)NO)c(Oc2ccc(F)cc2)c1. The number of ether oxygens (including phenoxy) is 2. The lowest BCUT2D eigenvalue weighted by molar-refractivity contribution is -0.124. The first kappa shape index (κ1) is 19.9. The zero-order valence-corrected chi connectivity index (χ0v) is 14.6. The minimum atomic E-state index is -0.696. The Morgan fingerprint density at radius 2 is 1.85 bits per heavy atom. The summed E-state index contributed by atoms with van der Waals surface area (Å²) in [5.41, 5.74) is 2.04. The van der Waals surface area contributed by atoms with Crippen molar-refractivity contribution in [2.24, 2.45) is 0 Å². The normalized spacial score (nSPS) is 10.5. The van der Waals surface area contributed by atoms with Gasteiger partial charge in [0.15, 0.2) is 0 Å². The first-order valence-electron chi connectivity index (χ1n) is 8.05. The van der Waals surface area contributed by atoms with Crippen LogP contribution in [0.4, 0.5) is 4.39 Å². The molecule has 0 bridgehead atoms. The molecule has 2 rings (SSSR count). The van der Waals surface area contributed by atoms with E-state index in [1.807, 2.05) is 0 Å². The predicted octanol–water partition coefficient (Wildman–Crippen LogP) is 2.65. The molecule has 0 aliphatic rings. The molecule has 0 atom stereocenters. The highest BCUT2D eigenvalue weighted by Gasteiger charge is 2.07. The fourth-order valence-electron chi connectivity index (χ4n) is 2.06. The van der Waals surface area contributed by atoms with Crippen molar-refractivity contribution in [1.29, 1.82) is 0 Å². The van der Waals surface area contributed by atoms with Crippen LogP contribution in [0.1, 0.15) is 12.5 Å². The van der Waals surface area contributed by atoms with E-state index in [-0.39, 0.29) is 12.5 Å². The van der Waals surface area contributed by atoms with E-state index in [2.05, 4.69) is 5.32 Å². The van der Waals surface area contributed by atoms with Crippen LogP contribution in [0.2, 0.25) is 0 Å². The fraction of sp³-hybridized carbons (Fsp3) is 0.158. The Balaban J connectivity index is 2.19. The molecule has 0 aliphatic carbocycles. The molecule has 2 aromatic rings. The highest BCUT2D eigenvalue weighted by atomic mass is 19.1. The van der Waals surface area contributed by atoms with Crippen LogP contribution in [0.15, 0.2) is 48.5 Å². The number of hydroxylamine groups is 1. The summed E-state index contributed by atoms with van der Waals surface area (Å²) in [4.78, 5) is 22.1. The van der Waals surface area contributed by atoms with Crippen molar-refractivity contribution < 1.29 is 28.7 Å². The smallest absolute Gasteiger partial charge is 0.267 e. The van der Waals surface area contributed by atoms with E-state index in [0.29, 0.717) is 29.4 Å². The summed E-state index contributed by atoms with van der Waals surface area (Å²) in [6, 6.07) is 10.4. The Kier molecular flexibility index (Phi) is 7.33. The van der Waals surface area contributed by atoms with Gasteiger partial charge in [-0.3, -0.25) is 14.8 Å². The van der Waals surface area contributed by atoms with E-state index in [4.69, 9.17) is 14.7 Å². The molecule has 142 valence electrons. The van der Waals surface area contributed by atoms with Crippen LogP contribution in [-0.4, -0.2) is 30.2 Å². The number of halogens is 1. The molecule has 0 radical (unpaired) electrons. The van der Waals surface area contributed by atoms with Crippen LogP contribution in [-0.2, 0) is 9.59 Å². The molecule has 7 nitrogen and oxygen atoms in total. The minimum absolute atomic E-state index is 0.151. The van der Waals surface area contributed by atoms with Gasteiger partial charge < -0.3 is 14.8 Å². The van der Waals surface area contributed by atoms with Crippen molar-refractivity contribution in [1.82, 2.24) is 10.8 Å². The summed E-state index contributed by atoms with van der Waals surface area (Å²) in [6.07, 6.45) is 2.58. The molecule has 0 saturated heterocycles. The number of amides is 2. The lowest BCUT2D eigenvalue weighted by Gasteiger charge is -2.12. The molecule has 0 fully saturated rings. The van der Waals surface area contributed by atoms with Gasteiger partial charge in [0, 0.05) is 24.6 Å². The number of hydrogen-bond donors (Lipinski definition) is 3. The quantitative estimate of drug-likeness (QED) is 0.286. The van der Waals surface area contributed by atoms with Crippen LogP contribution in [0.25, 0.3) is 6.08 Å². The third-order valence-electron chi connectivity index (χ3n) is 3.30. The van der Waals surface area contributed by atoms with E-state index in [1.54, 1.807) is 18.2 Å². The molecule has 0 aliphatic heterocycles. The van der Waals surface area contributed by atoms with Gasteiger partial charge in [-0.1, -0.05) is 0 Å². The van der Waals surface area contributed by atoms with Gasteiger partial charge >= 0.3 is 0 Å². The largest absolute Gasteiger partial charge is 0.492 e. The molecular weight excluding hydrogens is 355 g/mol. The molecule has 0 spiro atoms. The Bertz CT molecular complexity index is 821. The zero-order valence-electron chi connectivity index (χ0n) is 14.6. The van der Waals surface area contributed by atoms with Gasteiger partial charge in [-0.15, -0.1) is 0 Å². The molecule has 3 N–H and O–H groups in total. The van der Waals surface area contributed by atoms with Crippen LogP contribution in [0.5, 0.6) is 17.2 Å². The maximum atomic E-state index is 13.1. The van der Waals surface area contributed by atoms with E-state index < -0.39 is 11.7 Å². The number of carbonyl (C=O) groups excluding carboxylic acids is 2. The number of benzene rings is 2. The maximum absolute atomic E-state index is 13.1. The monoisotopic (exact) mass is 374 g/mol. The van der Waals surface area contributed by atoms with Crippen molar-refractivity contribution in [2.45, 2.75) is 6.92 Å². The van der Waals surface area contributed by atoms with Crippen LogP contribution < -0.4 is 20.3 Å². The fourth-order valence-corrected chi connectivity index (χ4v) is 2.06. The third-order valence-corrected chi connectivity index (χ3v) is 3.30. The highest BCUT2D eigenvalue weighted by Crippen LogP contribution is 2.30. The molecule has 27 heavy (non-hydrogen) atoms. The topological polar surface area (TPSA) is 96.9 Å². The first-order chi connectivity index (χ1) is 13.0. The van der Waals surface area contributed by atoms with Gasteiger partial charge in [-0.05, 0) is 42.5 Å². The average molecular weight is 374 g/mol. The minimum Gasteiger partial charge on any atom is -0.492 e.